The van der Waals surface area contributed by atoms with Crippen molar-refractivity contribution in [2.45, 2.75) is 56.3 Å². The normalized spacial score (nSPS) is 26.3. The van der Waals surface area contributed by atoms with Gasteiger partial charge in [0.1, 0.15) is 35.6 Å². The maximum absolute atomic E-state index is 16.8. The third-order valence-corrected chi connectivity index (χ3v) is 9.69. The van der Waals surface area contributed by atoms with Gasteiger partial charge in [-0.15, -0.1) is 6.42 Å². The average Bonchev–Trinajstić information content (AvgIpc) is 3.55. The van der Waals surface area contributed by atoms with Crippen molar-refractivity contribution in [2.75, 3.05) is 37.7 Å². The highest BCUT2D eigenvalue weighted by atomic mass is 19.1. The molecule has 0 unspecified atom stereocenters. The first-order valence-corrected chi connectivity index (χ1v) is 15.5. The molecule has 3 saturated heterocycles. The van der Waals surface area contributed by atoms with Crippen molar-refractivity contribution in [1.29, 1.82) is 5.26 Å². The fourth-order valence-corrected chi connectivity index (χ4v) is 7.82. The Morgan fingerprint density at radius 2 is 2.02 bits per heavy atom. The zero-order valence-corrected chi connectivity index (χ0v) is 25.4. The van der Waals surface area contributed by atoms with Crippen LogP contribution in [0.1, 0.15) is 44.6 Å². The predicted molar refractivity (Wildman–Crippen MR) is 168 cm³/mol. The minimum atomic E-state index is -1.13. The van der Waals surface area contributed by atoms with Gasteiger partial charge in [-0.2, -0.15) is 15.2 Å². The second-order valence-corrected chi connectivity index (χ2v) is 13.2. The van der Waals surface area contributed by atoms with E-state index in [1.54, 1.807) is 31.2 Å². The highest BCUT2D eigenvalue weighted by molar-refractivity contribution is 6.02. The van der Waals surface area contributed by atoms with Crippen molar-refractivity contribution in [3.8, 4) is 35.7 Å². The minimum absolute atomic E-state index is 0.00369. The highest BCUT2D eigenvalue weighted by Crippen LogP contribution is 2.42. The summed E-state index contributed by atoms with van der Waals surface area (Å²) in [6.45, 7) is 3.55. The van der Waals surface area contributed by atoms with Crippen molar-refractivity contribution in [1.82, 2.24) is 19.9 Å². The summed E-state index contributed by atoms with van der Waals surface area (Å²) in [7, 11) is 0. The van der Waals surface area contributed by atoms with Gasteiger partial charge in [-0.05, 0) is 50.1 Å². The molecule has 8 nitrogen and oxygen atoms in total. The van der Waals surface area contributed by atoms with Gasteiger partial charge in [0.25, 0.3) is 0 Å². The van der Waals surface area contributed by atoms with E-state index in [9.17, 15) is 19.1 Å². The lowest BCUT2D eigenvalue weighted by molar-refractivity contribution is 0.0257. The lowest BCUT2D eigenvalue weighted by Crippen LogP contribution is -2.50. The Balaban J connectivity index is 1.38. The van der Waals surface area contributed by atoms with Gasteiger partial charge in [-0.3, -0.25) is 9.88 Å². The van der Waals surface area contributed by atoms with Crippen LogP contribution in [0.5, 0.6) is 6.01 Å². The van der Waals surface area contributed by atoms with E-state index in [2.05, 4.69) is 26.9 Å². The van der Waals surface area contributed by atoms with Crippen molar-refractivity contribution in [3.63, 3.8) is 0 Å². The van der Waals surface area contributed by atoms with Crippen LogP contribution in [0.2, 0.25) is 0 Å². The number of hydrogen-bond donors (Lipinski definition) is 1. The maximum Gasteiger partial charge on any atom is 0.319 e. The molecule has 7 rings (SSSR count). The summed E-state index contributed by atoms with van der Waals surface area (Å²) in [5, 5.41) is 21.8. The zero-order chi connectivity index (χ0) is 32.2. The smallest absolute Gasteiger partial charge is 0.319 e. The van der Waals surface area contributed by atoms with E-state index >= 15 is 4.39 Å². The summed E-state index contributed by atoms with van der Waals surface area (Å²) in [6.07, 6.45) is 8.90. The molecule has 5 heterocycles. The Labute approximate surface area is 264 Å². The Morgan fingerprint density at radius 3 is 2.83 bits per heavy atom. The third kappa shape index (κ3) is 5.18. The molecular formula is C35H33F3N6O2. The summed E-state index contributed by atoms with van der Waals surface area (Å²) in [5.41, 5.74) is -1.44. The van der Waals surface area contributed by atoms with Crippen LogP contribution in [0, 0.1) is 41.2 Å². The van der Waals surface area contributed by atoms with Crippen LogP contribution >= 0.6 is 0 Å². The fourth-order valence-electron chi connectivity index (χ4n) is 7.82. The summed E-state index contributed by atoms with van der Waals surface area (Å²) in [4.78, 5) is 17.7. The van der Waals surface area contributed by atoms with E-state index in [1.807, 2.05) is 4.90 Å². The lowest BCUT2D eigenvalue weighted by atomic mass is 9.85. The molecule has 0 bridgehead atoms. The number of nitriles is 1. The standard InChI is InChI=1S/C35H33F3N6O2/c1-3-24-27(37)9-8-22-6-4-7-25(28(22)24)30-29(38)31-26(16-40-30)32(43-17-21(10-12-39)14-34(2,45)19-43)42-33(41-31)46-20-35-11-5-13-44(35)18-23(36)15-35/h1,4,6-9,16,21,23,45H,5,10-11,13-15,17-20H2,2H3/t21-,23+,34+,35-/m0/s1. The van der Waals surface area contributed by atoms with E-state index in [0.29, 0.717) is 48.1 Å². The molecule has 1 N–H and O–H groups in total. The number of piperidine rings is 1. The van der Waals surface area contributed by atoms with Crippen LogP contribution in [-0.4, -0.2) is 75.1 Å². The van der Waals surface area contributed by atoms with Crippen LogP contribution in [0.4, 0.5) is 19.0 Å². The number of hydrogen-bond acceptors (Lipinski definition) is 8. The first-order valence-electron chi connectivity index (χ1n) is 15.5. The lowest BCUT2D eigenvalue weighted by Gasteiger charge is -2.41. The van der Waals surface area contributed by atoms with Crippen LogP contribution in [0.3, 0.4) is 0 Å². The summed E-state index contributed by atoms with van der Waals surface area (Å²) in [6, 6.07) is 10.1. The van der Waals surface area contributed by atoms with E-state index in [-0.39, 0.29) is 53.7 Å². The number of terminal acetylenes is 1. The van der Waals surface area contributed by atoms with Gasteiger partial charge in [0, 0.05) is 49.6 Å². The number of ether oxygens (including phenoxy) is 1. The minimum Gasteiger partial charge on any atom is -0.461 e. The molecular weight excluding hydrogens is 593 g/mol. The quantitative estimate of drug-likeness (QED) is 0.278. The first-order chi connectivity index (χ1) is 22.1. The van der Waals surface area contributed by atoms with Gasteiger partial charge in [0.05, 0.1) is 28.2 Å². The van der Waals surface area contributed by atoms with Gasteiger partial charge in [-0.1, -0.05) is 30.2 Å². The SMILES string of the molecule is C#Cc1c(F)ccc2cccc(-c3ncc4c(N5C[C@@H](CC#N)C[C@@](C)(O)C5)nc(OC[C@@]56CCCN5C[C@H](F)C6)nc4c3F)c12. The number of halogens is 3. The number of β-amino-alcohol motifs (C(OH)–C–C–N with tert-alkyl or cyclic N) is 1. The average molecular weight is 627 g/mol. The highest BCUT2D eigenvalue weighted by Gasteiger charge is 2.49. The molecule has 2 aromatic heterocycles. The van der Waals surface area contributed by atoms with Crippen LogP contribution in [0.25, 0.3) is 32.9 Å². The van der Waals surface area contributed by atoms with Gasteiger partial charge in [0.15, 0.2) is 5.82 Å². The van der Waals surface area contributed by atoms with Crippen LogP contribution in [0.15, 0.2) is 36.5 Å². The van der Waals surface area contributed by atoms with Crippen LogP contribution < -0.4 is 9.64 Å². The maximum atomic E-state index is 16.8. The Hall–Kier alpha value is -4.45. The van der Waals surface area contributed by atoms with Crippen molar-refractivity contribution < 1.29 is 23.0 Å². The predicted octanol–water partition coefficient (Wildman–Crippen LogP) is 5.55. The molecule has 4 atom stereocenters. The van der Waals surface area contributed by atoms with Gasteiger partial charge in [0.2, 0.25) is 0 Å². The second kappa shape index (κ2) is 11.4. The fraction of sp³-hybridized carbons (Fsp3) is 0.429. The van der Waals surface area contributed by atoms with E-state index in [1.165, 1.54) is 12.3 Å². The third-order valence-electron chi connectivity index (χ3n) is 9.69. The van der Waals surface area contributed by atoms with Crippen molar-refractivity contribution in [2.24, 2.45) is 5.92 Å². The zero-order valence-electron chi connectivity index (χ0n) is 25.4. The molecule has 4 aromatic rings. The van der Waals surface area contributed by atoms with E-state index in [0.717, 1.165) is 19.4 Å². The molecule has 0 amide bonds. The monoisotopic (exact) mass is 626 g/mol. The van der Waals surface area contributed by atoms with Crippen molar-refractivity contribution >= 4 is 27.5 Å². The number of aliphatic hydroxyl groups is 1. The molecule has 11 heteroatoms. The van der Waals surface area contributed by atoms with Gasteiger partial charge < -0.3 is 14.7 Å². The van der Waals surface area contributed by atoms with E-state index < -0.39 is 28.9 Å². The molecule has 0 saturated carbocycles. The number of nitrogens with zero attached hydrogens (tertiary/aromatic N) is 6. The number of pyridine rings is 1. The number of anilines is 1. The molecule has 2 aromatic carbocycles. The molecule has 0 aliphatic carbocycles. The molecule has 3 fully saturated rings. The second-order valence-electron chi connectivity index (χ2n) is 13.2. The Bertz CT molecular complexity index is 1940. The number of rotatable bonds is 6. The van der Waals surface area contributed by atoms with Crippen LogP contribution in [-0.2, 0) is 0 Å². The summed E-state index contributed by atoms with van der Waals surface area (Å²) in [5.74, 6) is 1.18. The first kappa shape index (κ1) is 30.2. The summed E-state index contributed by atoms with van der Waals surface area (Å²) < 4.78 is 52.2. The molecule has 46 heavy (non-hydrogen) atoms. The number of fused-ring (bicyclic) bond motifs is 3. The molecule has 0 spiro atoms. The Morgan fingerprint density at radius 1 is 1.17 bits per heavy atom. The van der Waals surface area contributed by atoms with Crippen molar-refractivity contribution in [3.05, 3.63) is 53.7 Å². The number of benzene rings is 2. The number of alkyl halides is 1. The van der Waals surface area contributed by atoms with E-state index in [4.69, 9.17) is 16.1 Å². The summed E-state index contributed by atoms with van der Waals surface area (Å²) >= 11 is 0. The largest absolute Gasteiger partial charge is 0.461 e. The van der Waals surface area contributed by atoms with Gasteiger partial charge in [-0.25, -0.2) is 13.2 Å². The Kier molecular flexibility index (Phi) is 7.50. The molecule has 3 aliphatic heterocycles. The molecule has 0 radical (unpaired) electrons. The molecule has 3 aliphatic rings. The number of aromatic nitrogens is 3. The van der Waals surface area contributed by atoms with Gasteiger partial charge >= 0.3 is 6.01 Å². The topological polar surface area (TPSA) is 98.4 Å². The molecule has 236 valence electrons.